The second-order valence-electron chi connectivity index (χ2n) is 8.18. The van der Waals surface area contributed by atoms with Gasteiger partial charge in [-0.2, -0.15) is 0 Å². The van der Waals surface area contributed by atoms with Gasteiger partial charge in [0.1, 0.15) is 0 Å². The molecule has 182 valence electrons. The van der Waals surface area contributed by atoms with E-state index in [-0.39, 0.29) is 10.8 Å². The molecule has 1 heterocycles. The number of allylic oxidation sites excluding steroid dienone is 3. The van der Waals surface area contributed by atoms with E-state index in [0.29, 0.717) is 17.7 Å². The maximum Gasteiger partial charge on any atom is 0.324 e. The van der Waals surface area contributed by atoms with Crippen molar-refractivity contribution < 1.29 is 9.72 Å². The Morgan fingerprint density at radius 2 is 1.69 bits per heavy atom. The summed E-state index contributed by atoms with van der Waals surface area (Å²) in [5.74, 6) is -0.0385. The second-order valence-corrected chi connectivity index (χ2v) is 11.3. The van der Waals surface area contributed by atoms with Gasteiger partial charge in [0.05, 0.1) is 9.80 Å². The van der Waals surface area contributed by atoms with Crippen LogP contribution in [0.15, 0.2) is 76.1 Å². The number of thioether (sulfide) groups is 1. The largest absolute Gasteiger partial charge is 0.324 e. The highest BCUT2D eigenvalue weighted by molar-refractivity contribution is 9.10. The van der Waals surface area contributed by atoms with E-state index in [9.17, 15) is 14.9 Å². The number of benzene rings is 2. The van der Waals surface area contributed by atoms with Crippen molar-refractivity contribution in [2.45, 2.75) is 46.5 Å². The molecule has 0 aliphatic carbocycles. The molecule has 0 aliphatic heterocycles. The Morgan fingerprint density at radius 1 is 1.03 bits per heavy atom. The molecule has 0 bridgehead atoms. The first-order valence-electron chi connectivity index (χ1n) is 11.5. The summed E-state index contributed by atoms with van der Waals surface area (Å²) in [7, 11) is 0. The van der Waals surface area contributed by atoms with Gasteiger partial charge in [-0.05, 0) is 72.9 Å². The van der Waals surface area contributed by atoms with Crippen molar-refractivity contribution >= 4 is 60.3 Å². The zero-order valence-corrected chi connectivity index (χ0v) is 23.3. The zero-order chi connectivity index (χ0) is 25.4. The molecule has 2 aromatic carbocycles. The number of ketones is 1. The maximum atomic E-state index is 12.6. The summed E-state index contributed by atoms with van der Waals surface area (Å²) in [6.07, 6.45) is 4.98. The van der Waals surface area contributed by atoms with Gasteiger partial charge in [0.15, 0.2) is 5.78 Å². The molecule has 4 nitrogen and oxygen atoms in total. The maximum absolute atomic E-state index is 12.6. The number of thiophene rings is 1. The Bertz CT molecular complexity index is 1240. The standard InChI is InChI=1S/C28H28BrNO3S2/c1-4-6-24(7-5-8-25(31)26-17-18-27(35-26)30(32)33)34-28(22-13-15-23(29)16-14-22)20(3)21-11-9-19(2)10-12-21/h6,9-18H,4-5,7-8H2,1-3H3/b24-6-,28-20+. The monoisotopic (exact) mass is 569 g/mol. The van der Waals surface area contributed by atoms with Crippen LogP contribution in [0, 0.1) is 17.0 Å². The molecule has 0 spiro atoms. The highest BCUT2D eigenvalue weighted by atomic mass is 79.9. The SMILES string of the molecule is CC/C=C(/CCCC(=O)c1ccc([N+](=O)[O-])s1)S/C(=C(\C)c1ccc(C)cc1)c1ccc(Br)cc1. The van der Waals surface area contributed by atoms with Gasteiger partial charge in [0.2, 0.25) is 0 Å². The van der Waals surface area contributed by atoms with Crippen molar-refractivity contribution in [1.29, 1.82) is 0 Å². The van der Waals surface area contributed by atoms with Crippen LogP contribution in [0.2, 0.25) is 0 Å². The second kappa shape index (κ2) is 13.0. The minimum atomic E-state index is -0.452. The highest BCUT2D eigenvalue weighted by Crippen LogP contribution is 2.41. The van der Waals surface area contributed by atoms with Crippen LogP contribution in [0.4, 0.5) is 5.00 Å². The number of Topliss-reactive ketones (excluding diaryl/α,β-unsaturated/α-hetero) is 1. The fourth-order valence-corrected chi connectivity index (χ4v) is 5.90. The molecule has 7 heteroatoms. The molecule has 3 rings (SSSR count). The quantitative estimate of drug-likeness (QED) is 0.0997. The highest BCUT2D eigenvalue weighted by Gasteiger charge is 2.16. The number of aryl methyl sites for hydroxylation is 1. The van der Waals surface area contributed by atoms with Gasteiger partial charge in [0.25, 0.3) is 0 Å². The van der Waals surface area contributed by atoms with Crippen LogP contribution in [-0.4, -0.2) is 10.7 Å². The molecule has 1 aromatic heterocycles. The summed E-state index contributed by atoms with van der Waals surface area (Å²) >= 11 is 6.25. The van der Waals surface area contributed by atoms with E-state index in [1.54, 1.807) is 17.8 Å². The minimum absolute atomic E-state index is 0.00586. The minimum Gasteiger partial charge on any atom is -0.293 e. The third-order valence-corrected chi connectivity index (χ3v) is 8.46. The van der Waals surface area contributed by atoms with E-state index in [0.717, 1.165) is 34.2 Å². The number of nitrogens with zero attached hydrogens (tertiary/aromatic N) is 1. The molecule has 3 aromatic rings. The van der Waals surface area contributed by atoms with Crippen LogP contribution < -0.4 is 0 Å². The number of halogens is 1. The first kappa shape index (κ1) is 27.1. The normalized spacial score (nSPS) is 12.4. The predicted molar refractivity (Wildman–Crippen MR) is 153 cm³/mol. The zero-order valence-electron chi connectivity index (χ0n) is 20.0. The van der Waals surface area contributed by atoms with Gasteiger partial charge in [0, 0.05) is 21.9 Å². The van der Waals surface area contributed by atoms with E-state index < -0.39 is 4.92 Å². The third kappa shape index (κ3) is 7.75. The smallest absolute Gasteiger partial charge is 0.293 e. The van der Waals surface area contributed by atoms with Crippen LogP contribution in [0.5, 0.6) is 0 Å². The lowest BCUT2D eigenvalue weighted by atomic mass is 10.0. The lowest BCUT2D eigenvalue weighted by Gasteiger charge is -2.16. The number of nitro groups is 1. The molecule has 0 amide bonds. The molecular weight excluding hydrogens is 542 g/mol. The average Bonchev–Trinajstić information content (AvgIpc) is 3.34. The Kier molecular flexibility index (Phi) is 10.1. The van der Waals surface area contributed by atoms with Gasteiger partial charge in [-0.25, -0.2) is 0 Å². The van der Waals surface area contributed by atoms with E-state index in [4.69, 9.17) is 0 Å². The van der Waals surface area contributed by atoms with Crippen molar-refractivity contribution in [1.82, 2.24) is 0 Å². The molecule has 0 atom stereocenters. The first-order chi connectivity index (χ1) is 16.8. The summed E-state index contributed by atoms with van der Waals surface area (Å²) in [6.45, 7) is 6.36. The van der Waals surface area contributed by atoms with Crippen molar-refractivity contribution in [2.75, 3.05) is 0 Å². The van der Waals surface area contributed by atoms with Crippen molar-refractivity contribution in [2.24, 2.45) is 0 Å². The molecular formula is C28H28BrNO3S2. The fraction of sp³-hybridized carbons (Fsp3) is 0.250. The Morgan fingerprint density at radius 3 is 2.29 bits per heavy atom. The molecule has 0 N–H and O–H groups in total. The van der Waals surface area contributed by atoms with Gasteiger partial charge in [-0.3, -0.25) is 14.9 Å². The van der Waals surface area contributed by atoms with E-state index in [1.165, 1.54) is 32.6 Å². The Balaban J connectivity index is 1.79. The van der Waals surface area contributed by atoms with Gasteiger partial charge in [-0.1, -0.05) is 94.0 Å². The van der Waals surface area contributed by atoms with Gasteiger partial charge >= 0.3 is 5.00 Å². The number of carbonyl (C=O) groups is 1. The summed E-state index contributed by atoms with van der Waals surface area (Å²) in [5, 5.41) is 10.9. The van der Waals surface area contributed by atoms with E-state index in [2.05, 4.69) is 91.3 Å². The van der Waals surface area contributed by atoms with Crippen LogP contribution in [-0.2, 0) is 0 Å². The fourth-order valence-electron chi connectivity index (χ4n) is 3.56. The number of hydrogen-bond acceptors (Lipinski definition) is 5. The van der Waals surface area contributed by atoms with Crippen LogP contribution in [0.3, 0.4) is 0 Å². The third-order valence-electron chi connectivity index (χ3n) is 5.47. The summed E-state index contributed by atoms with van der Waals surface area (Å²) < 4.78 is 1.04. The predicted octanol–water partition coefficient (Wildman–Crippen LogP) is 9.70. The van der Waals surface area contributed by atoms with Crippen LogP contribution in [0.25, 0.3) is 10.5 Å². The van der Waals surface area contributed by atoms with Crippen molar-refractivity contribution in [3.8, 4) is 0 Å². The van der Waals surface area contributed by atoms with Crippen molar-refractivity contribution in [3.63, 3.8) is 0 Å². The summed E-state index contributed by atoms with van der Waals surface area (Å²) in [4.78, 5) is 25.9. The van der Waals surface area contributed by atoms with E-state index in [1.807, 2.05) is 0 Å². The Labute approximate surface area is 223 Å². The van der Waals surface area contributed by atoms with Gasteiger partial charge < -0.3 is 0 Å². The summed E-state index contributed by atoms with van der Waals surface area (Å²) in [5.41, 5.74) is 4.78. The van der Waals surface area contributed by atoms with Crippen LogP contribution in [0.1, 0.15) is 65.9 Å². The molecule has 0 saturated heterocycles. The Hall–Kier alpha value is -2.48. The lowest BCUT2D eigenvalue weighted by Crippen LogP contribution is -1.96. The topological polar surface area (TPSA) is 60.2 Å². The van der Waals surface area contributed by atoms with Crippen molar-refractivity contribution in [3.05, 3.63) is 108 Å². The van der Waals surface area contributed by atoms with E-state index >= 15 is 0 Å². The molecule has 0 radical (unpaired) electrons. The average molecular weight is 571 g/mol. The molecule has 0 fully saturated rings. The molecule has 35 heavy (non-hydrogen) atoms. The summed E-state index contributed by atoms with van der Waals surface area (Å²) in [6, 6.07) is 19.9. The van der Waals surface area contributed by atoms with Crippen LogP contribution >= 0.6 is 39.0 Å². The molecule has 0 aliphatic rings. The van der Waals surface area contributed by atoms with Gasteiger partial charge in [-0.15, -0.1) is 0 Å². The first-order valence-corrected chi connectivity index (χ1v) is 13.9. The lowest BCUT2D eigenvalue weighted by molar-refractivity contribution is -0.380. The molecule has 0 saturated carbocycles. The number of carbonyl (C=O) groups excluding carboxylic acids is 1. The number of hydrogen-bond donors (Lipinski definition) is 0. The number of rotatable bonds is 11. The molecule has 0 unspecified atom stereocenters.